The van der Waals surface area contributed by atoms with Crippen LogP contribution in [0.15, 0.2) is 48.5 Å². The predicted octanol–water partition coefficient (Wildman–Crippen LogP) is 1.69. The van der Waals surface area contributed by atoms with E-state index in [-0.39, 0.29) is 16.9 Å². The van der Waals surface area contributed by atoms with Crippen molar-refractivity contribution in [2.45, 2.75) is 0 Å². The molecule has 2 aromatic carbocycles. The molecule has 0 saturated heterocycles. The Hall–Kier alpha value is -2.62. The molecule has 1 N–H and O–H groups in total. The summed E-state index contributed by atoms with van der Waals surface area (Å²) in [4.78, 5) is 23.1. The fraction of sp³-hybridized carbons (Fsp3) is 0. The van der Waals surface area contributed by atoms with E-state index in [1.807, 2.05) is 0 Å². The third-order valence-electron chi connectivity index (χ3n) is 2.52. The van der Waals surface area contributed by atoms with E-state index < -0.39 is 11.8 Å². The second-order valence-electron chi connectivity index (χ2n) is 3.70. The molecule has 0 radical (unpaired) electrons. The molecule has 4 nitrogen and oxygen atoms in total. The summed E-state index contributed by atoms with van der Waals surface area (Å²) in [6.45, 7) is 0. The van der Waals surface area contributed by atoms with Gasteiger partial charge in [-0.25, -0.2) is 4.79 Å². The Morgan fingerprint density at radius 3 is 2.00 bits per heavy atom. The van der Waals surface area contributed by atoms with Gasteiger partial charge in [0.05, 0.1) is 5.56 Å². The Morgan fingerprint density at radius 2 is 1.44 bits per heavy atom. The average molecular weight is 241 g/mol. The van der Waals surface area contributed by atoms with Gasteiger partial charge in [-0.2, -0.15) is 0 Å². The quantitative estimate of drug-likeness (QED) is 0.829. The van der Waals surface area contributed by atoms with Crippen molar-refractivity contribution in [2.24, 2.45) is 0 Å². The van der Waals surface area contributed by atoms with Crippen molar-refractivity contribution in [3.05, 3.63) is 65.2 Å². The normalized spacial score (nSPS) is 10.0. The van der Waals surface area contributed by atoms with Gasteiger partial charge in [0.2, 0.25) is 0 Å². The molecule has 0 aliphatic heterocycles. The summed E-state index contributed by atoms with van der Waals surface area (Å²) in [5, 5.41) is 20.0. The highest BCUT2D eigenvalue weighted by atomic mass is 16.4. The maximum atomic E-state index is 12.1. The number of ketones is 1. The van der Waals surface area contributed by atoms with Crippen LogP contribution in [-0.2, 0) is 0 Å². The minimum atomic E-state index is -1.15. The van der Waals surface area contributed by atoms with Crippen LogP contribution in [0.1, 0.15) is 26.3 Å². The third kappa shape index (κ3) is 2.22. The number of benzene rings is 2. The van der Waals surface area contributed by atoms with Crippen LogP contribution in [0.4, 0.5) is 0 Å². The first kappa shape index (κ1) is 11.9. The Labute approximate surface area is 103 Å². The lowest BCUT2D eigenvalue weighted by Gasteiger charge is -2.07. The number of carbonyl (C=O) groups excluding carboxylic acids is 1. The molecule has 0 atom stereocenters. The summed E-state index contributed by atoms with van der Waals surface area (Å²) in [6, 6.07) is 11.3. The Bertz CT molecular complexity index is 599. The molecule has 0 aromatic heterocycles. The lowest BCUT2D eigenvalue weighted by Crippen LogP contribution is -2.09. The smallest absolute Gasteiger partial charge is 0.336 e. The van der Waals surface area contributed by atoms with Gasteiger partial charge >= 0.3 is 5.97 Å². The fourth-order valence-electron chi connectivity index (χ4n) is 1.63. The molecule has 0 aliphatic rings. The highest BCUT2D eigenvalue weighted by Crippen LogP contribution is 2.16. The summed E-state index contributed by atoms with van der Waals surface area (Å²) in [6.07, 6.45) is 0. The number of hydrogen-bond acceptors (Lipinski definition) is 3. The second kappa shape index (κ2) is 4.71. The highest BCUT2D eigenvalue weighted by Gasteiger charge is 2.16. The summed E-state index contributed by atoms with van der Waals surface area (Å²) in [5.74, 6) is -1.76. The van der Waals surface area contributed by atoms with Gasteiger partial charge in [0.15, 0.2) is 5.78 Å². The fourth-order valence-corrected chi connectivity index (χ4v) is 1.63. The zero-order chi connectivity index (χ0) is 13.1. The molecule has 0 aliphatic carbocycles. The van der Waals surface area contributed by atoms with Gasteiger partial charge in [0.25, 0.3) is 0 Å². The first-order chi connectivity index (χ1) is 8.59. The lowest BCUT2D eigenvalue weighted by atomic mass is 9.98. The van der Waals surface area contributed by atoms with Crippen molar-refractivity contribution in [3.8, 4) is 5.75 Å². The summed E-state index contributed by atoms with van der Waals surface area (Å²) >= 11 is 0. The van der Waals surface area contributed by atoms with Gasteiger partial charge in [-0.05, 0) is 6.07 Å². The number of carbonyl (C=O) groups is 2. The predicted molar refractivity (Wildman–Crippen MR) is 62.7 cm³/mol. The molecule has 2 aromatic rings. The van der Waals surface area contributed by atoms with E-state index in [1.54, 1.807) is 12.1 Å². The van der Waals surface area contributed by atoms with Crippen molar-refractivity contribution in [3.63, 3.8) is 0 Å². The van der Waals surface area contributed by atoms with Gasteiger partial charge in [0, 0.05) is 11.1 Å². The molecule has 0 fully saturated rings. The number of hydrogen-bond donors (Lipinski definition) is 1. The zero-order valence-electron chi connectivity index (χ0n) is 9.29. The molecule has 0 heterocycles. The molecular formula is C14H9O4-. The van der Waals surface area contributed by atoms with Crippen molar-refractivity contribution in [1.82, 2.24) is 0 Å². The average Bonchev–Trinajstić information content (AvgIpc) is 2.39. The largest absolute Gasteiger partial charge is 0.872 e. The summed E-state index contributed by atoms with van der Waals surface area (Å²) in [7, 11) is 0. The molecular weight excluding hydrogens is 232 g/mol. The molecule has 0 unspecified atom stereocenters. The van der Waals surface area contributed by atoms with E-state index in [0.29, 0.717) is 5.56 Å². The number of aromatic carboxylic acids is 1. The van der Waals surface area contributed by atoms with Crippen LogP contribution in [-0.4, -0.2) is 16.9 Å². The van der Waals surface area contributed by atoms with Crippen molar-refractivity contribution < 1.29 is 19.8 Å². The van der Waals surface area contributed by atoms with E-state index in [0.717, 1.165) is 0 Å². The van der Waals surface area contributed by atoms with Crippen molar-refractivity contribution >= 4 is 11.8 Å². The van der Waals surface area contributed by atoms with E-state index >= 15 is 0 Å². The van der Waals surface area contributed by atoms with Crippen LogP contribution in [0.25, 0.3) is 0 Å². The topological polar surface area (TPSA) is 77.4 Å². The van der Waals surface area contributed by atoms with E-state index in [9.17, 15) is 14.7 Å². The Balaban J connectivity index is 2.46. The summed E-state index contributed by atoms with van der Waals surface area (Å²) < 4.78 is 0. The van der Waals surface area contributed by atoms with Gasteiger partial charge in [-0.15, -0.1) is 5.75 Å². The van der Waals surface area contributed by atoms with Crippen LogP contribution in [0.2, 0.25) is 0 Å². The molecule has 18 heavy (non-hydrogen) atoms. The van der Waals surface area contributed by atoms with Gasteiger partial charge in [0.1, 0.15) is 0 Å². The van der Waals surface area contributed by atoms with E-state index in [4.69, 9.17) is 5.11 Å². The van der Waals surface area contributed by atoms with Crippen LogP contribution in [0, 0.1) is 0 Å². The van der Waals surface area contributed by atoms with Crippen molar-refractivity contribution in [1.29, 1.82) is 0 Å². The molecule has 2 rings (SSSR count). The maximum absolute atomic E-state index is 12.1. The van der Waals surface area contributed by atoms with Gasteiger partial charge in [-0.3, -0.25) is 4.79 Å². The zero-order valence-corrected chi connectivity index (χ0v) is 9.29. The maximum Gasteiger partial charge on any atom is 0.336 e. The second-order valence-corrected chi connectivity index (χ2v) is 3.70. The third-order valence-corrected chi connectivity index (χ3v) is 2.52. The minimum Gasteiger partial charge on any atom is -0.872 e. The monoisotopic (exact) mass is 241 g/mol. The first-order valence-electron chi connectivity index (χ1n) is 5.23. The van der Waals surface area contributed by atoms with Gasteiger partial charge in [-0.1, -0.05) is 42.5 Å². The van der Waals surface area contributed by atoms with Crippen molar-refractivity contribution in [2.75, 3.05) is 0 Å². The molecule has 90 valence electrons. The van der Waals surface area contributed by atoms with Gasteiger partial charge < -0.3 is 10.2 Å². The van der Waals surface area contributed by atoms with Crippen LogP contribution in [0.5, 0.6) is 5.75 Å². The molecule has 0 amide bonds. The van der Waals surface area contributed by atoms with Crippen LogP contribution >= 0.6 is 0 Å². The standard InChI is InChI=1S/C14H10O4/c15-10-7-5-9(6-8-10)13(16)11-3-1-2-4-12(11)14(17)18/h1-8,15H,(H,17,18)/p-1. The Morgan fingerprint density at radius 1 is 0.889 bits per heavy atom. The number of carboxylic acid groups (broad SMARTS) is 1. The lowest BCUT2D eigenvalue weighted by molar-refractivity contribution is -0.268. The molecule has 0 spiro atoms. The van der Waals surface area contributed by atoms with Crippen LogP contribution < -0.4 is 5.11 Å². The molecule has 0 bridgehead atoms. The highest BCUT2D eigenvalue weighted by molar-refractivity contribution is 6.14. The molecule has 0 saturated carbocycles. The number of carboxylic acids is 1. The molecule has 4 heteroatoms. The van der Waals surface area contributed by atoms with Crippen LogP contribution in [0.3, 0.4) is 0 Å². The SMILES string of the molecule is O=C(O)c1ccccc1C(=O)c1ccc([O-])cc1. The minimum absolute atomic E-state index is 0.0475. The summed E-state index contributed by atoms with van der Waals surface area (Å²) in [5.41, 5.74) is 0.362. The Kier molecular flexibility index (Phi) is 3.10. The van der Waals surface area contributed by atoms with E-state index in [2.05, 4.69) is 0 Å². The first-order valence-corrected chi connectivity index (χ1v) is 5.23. The van der Waals surface area contributed by atoms with E-state index in [1.165, 1.54) is 36.4 Å². The number of rotatable bonds is 3.